The molecule has 5 N–H and O–H groups in total. The van der Waals surface area contributed by atoms with E-state index in [-0.39, 0.29) is 0 Å². The number of amides is 3. The number of nitrogens with one attached hydrogen (secondary N) is 2. The summed E-state index contributed by atoms with van der Waals surface area (Å²) >= 11 is 0. The molecule has 0 saturated heterocycles. The van der Waals surface area contributed by atoms with Crippen LogP contribution >= 0.6 is 0 Å². The van der Waals surface area contributed by atoms with Gasteiger partial charge in [-0.25, -0.2) is 9.59 Å². The molecule has 0 aliphatic heterocycles. The van der Waals surface area contributed by atoms with Gasteiger partial charge in [-0.05, 0) is 23.6 Å². The molecule has 21 heavy (non-hydrogen) atoms. The zero-order valence-electron chi connectivity index (χ0n) is 11.9. The molecule has 0 radical (unpaired) electrons. The van der Waals surface area contributed by atoms with Crippen LogP contribution in [0, 0.1) is 0 Å². The van der Waals surface area contributed by atoms with E-state index in [0.717, 1.165) is 5.56 Å². The fraction of sp³-hybridized carbons (Fsp3) is 0.357. The van der Waals surface area contributed by atoms with Gasteiger partial charge in [0.2, 0.25) is 5.91 Å². The first-order valence-electron chi connectivity index (χ1n) is 6.48. The number of carbonyl (C=O) groups excluding carboxylic acids is 2. The number of aliphatic carboxylic acids is 1. The molecule has 0 aliphatic carbocycles. The van der Waals surface area contributed by atoms with Crippen molar-refractivity contribution in [3.05, 3.63) is 29.8 Å². The summed E-state index contributed by atoms with van der Waals surface area (Å²) in [5.74, 6) is -1.82. The molecule has 1 atom stereocenters. The van der Waals surface area contributed by atoms with Crippen molar-refractivity contribution in [2.24, 2.45) is 5.73 Å². The first kappa shape index (κ1) is 16.5. The second-order valence-electron chi connectivity index (χ2n) is 4.94. The first-order valence-corrected chi connectivity index (χ1v) is 6.48. The van der Waals surface area contributed by atoms with Crippen LogP contribution in [-0.4, -0.2) is 29.1 Å². The number of carbonyl (C=O) groups is 3. The summed E-state index contributed by atoms with van der Waals surface area (Å²) < 4.78 is 0. The minimum atomic E-state index is -1.35. The monoisotopic (exact) mass is 293 g/mol. The van der Waals surface area contributed by atoms with E-state index < -0.39 is 30.4 Å². The lowest BCUT2D eigenvalue weighted by Gasteiger charge is -2.14. The third-order valence-electron chi connectivity index (χ3n) is 2.82. The Morgan fingerprint density at radius 2 is 1.95 bits per heavy atom. The van der Waals surface area contributed by atoms with Crippen molar-refractivity contribution in [3.8, 4) is 0 Å². The highest BCUT2D eigenvalue weighted by atomic mass is 16.4. The van der Waals surface area contributed by atoms with E-state index in [4.69, 9.17) is 10.8 Å². The van der Waals surface area contributed by atoms with E-state index in [1.807, 2.05) is 19.9 Å². The standard InChI is InChI=1S/C14H19N3O4/c1-8(2)9-4-3-5-10(6-9)16-14(21)17-11(13(19)20)7-12(15)18/h3-6,8,11H,7H2,1-2H3,(H2,15,18)(H,19,20)(H2,16,17,21). The van der Waals surface area contributed by atoms with Crippen molar-refractivity contribution in [1.82, 2.24) is 5.32 Å². The lowest BCUT2D eigenvalue weighted by atomic mass is 10.0. The lowest BCUT2D eigenvalue weighted by Crippen LogP contribution is -2.45. The first-order chi connectivity index (χ1) is 9.79. The summed E-state index contributed by atoms with van der Waals surface area (Å²) in [4.78, 5) is 33.4. The Morgan fingerprint density at radius 1 is 1.29 bits per heavy atom. The molecule has 1 aromatic carbocycles. The van der Waals surface area contributed by atoms with Gasteiger partial charge in [0.25, 0.3) is 0 Å². The molecule has 0 aliphatic rings. The van der Waals surface area contributed by atoms with Gasteiger partial charge in [0.1, 0.15) is 6.04 Å². The molecule has 0 heterocycles. The Morgan fingerprint density at radius 3 is 2.48 bits per heavy atom. The average molecular weight is 293 g/mol. The van der Waals surface area contributed by atoms with Crippen molar-refractivity contribution in [2.75, 3.05) is 5.32 Å². The normalized spacial score (nSPS) is 11.8. The Labute approximate surface area is 122 Å². The number of nitrogens with two attached hydrogens (primary N) is 1. The minimum absolute atomic E-state index is 0.302. The quantitative estimate of drug-likeness (QED) is 0.630. The van der Waals surface area contributed by atoms with Crippen LogP contribution in [0.15, 0.2) is 24.3 Å². The van der Waals surface area contributed by atoms with Gasteiger partial charge in [0.05, 0.1) is 6.42 Å². The Bertz CT molecular complexity index is 543. The third-order valence-corrected chi connectivity index (χ3v) is 2.82. The molecule has 114 valence electrons. The predicted molar refractivity (Wildman–Crippen MR) is 77.9 cm³/mol. The van der Waals surface area contributed by atoms with E-state index >= 15 is 0 Å². The topological polar surface area (TPSA) is 122 Å². The van der Waals surface area contributed by atoms with Crippen LogP contribution in [0.3, 0.4) is 0 Å². The maximum atomic E-state index is 11.8. The van der Waals surface area contributed by atoms with Crippen molar-refractivity contribution in [3.63, 3.8) is 0 Å². The van der Waals surface area contributed by atoms with Crippen LogP contribution in [0.25, 0.3) is 0 Å². The van der Waals surface area contributed by atoms with Gasteiger partial charge in [-0.1, -0.05) is 26.0 Å². The number of carboxylic acid groups (broad SMARTS) is 1. The number of primary amides is 1. The number of anilines is 1. The van der Waals surface area contributed by atoms with Crippen LogP contribution in [-0.2, 0) is 9.59 Å². The van der Waals surface area contributed by atoms with E-state index in [1.165, 1.54) is 0 Å². The molecule has 0 aromatic heterocycles. The maximum Gasteiger partial charge on any atom is 0.326 e. The number of hydrogen-bond acceptors (Lipinski definition) is 3. The van der Waals surface area contributed by atoms with Crippen molar-refractivity contribution < 1.29 is 19.5 Å². The van der Waals surface area contributed by atoms with Crippen LogP contribution in [0.5, 0.6) is 0 Å². The summed E-state index contributed by atoms with van der Waals surface area (Å²) in [6.07, 6.45) is -0.464. The molecule has 1 aromatic rings. The number of hydrogen-bond donors (Lipinski definition) is 4. The Hall–Kier alpha value is -2.57. The van der Waals surface area contributed by atoms with Crippen LogP contribution < -0.4 is 16.4 Å². The fourth-order valence-electron chi connectivity index (χ4n) is 1.70. The van der Waals surface area contributed by atoms with Gasteiger partial charge in [-0.3, -0.25) is 4.79 Å². The summed E-state index contributed by atoms with van der Waals surface area (Å²) in [7, 11) is 0. The number of carboxylic acids is 1. The van der Waals surface area contributed by atoms with Gasteiger partial charge in [-0.15, -0.1) is 0 Å². The largest absolute Gasteiger partial charge is 0.480 e. The van der Waals surface area contributed by atoms with Gasteiger partial charge in [0.15, 0.2) is 0 Å². The molecule has 7 heteroatoms. The van der Waals surface area contributed by atoms with Gasteiger partial charge >= 0.3 is 12.0 Å². The van der Waals surface area contributed by atoms with Gasteiger partial charge in [0, 0.05) is 5.69 Å². The van der Waals surface area contributed by atoms with Crippen molar-refractivity contribution in [2.45, 2.75) is 32.2 Å². The maximum absolute atomic E-state index is 11.8. The second kappa shape index (κ2) is 7.28. The summed E-state index contributed by atoms with van der Waals surface area (Å²) in [5.41, 5.74) is 6.52. The molecule has 1 unspecified atom stereocenters. The second-order valence-corrected chi connectivity index (χ2v) is 4.94. The molecule has 0 fully saturated rings. The molecular formula is C14H19N3O4. The number of urea groups is 1. The summed E-state index contributed by atoms with van der Waals surface area (Å²) in [5, 5.41) is 13.6. The highest BCUT2D eigenvalue weighted by Gasteiger charge is 2.22. The molecule has 0 bridgehead atoms. The van der Waals surface area contributed by atoms with Crippen LogP contribution in [0.4, 0.5) is 10.5 Å². The lowest BCUT2D eigenvalue weighted by molar-refractivity contribution is -0.140. The SMILES string of the molecule is CC(C)c1cccc(NC(=O)NC(CC(N)=O)C(=O)O)c1. The van der Waals surface area contributed by atoms with Crippen molar-refractivity contribution in [1.29, 1.82) is 0 Å². The summed E-state index contributed by atoms with van der Waals surface area (Å²) in [6, 6.07) is 5.16. The molecular weight excluding hydrogens is 274 g/mol. The van der Waals surface area contributed by atoms with E-state index in [2.05, 4.69) is 10.6 Å². The molecule has 7 nitrogen and oxygen atoms in total. The molecule has 0 spiro atoms. The van der Waals surface area contributed by atoms with E-state index in [1.54, 1.807) is 18.2 Å². The van der Waals surface area contributed by atoms with Gasteiger partial charge < -0.3 is 21.5 Å². The summed E-state index contributed by atoms with van der Waals surface area (Å²) in [6.45, 7) is 4.04. The van der Waals surface area contributed by atoms with E-state index in [9.17, 15) is 14.4 Å². The van der Waals surface area contributed by atoms with Gasteiger partial charge in [-0.2, -0.15) is 0 Å². The van der Waals surface area contributed by atoms with Crippen LogP contribution in [0.1, 0.15) is 31.7 Å². The zero-order chi connectivity index (χ0) is 16.0. The smallest absolute Gasteiger partial charge is 0.326 e. The Balaban J connectivity index is 2.69. The van der Waals surface area contributed by atoms with E-state index in [0.29, 0.717) is 11.6 Å². The zero-order valence-corrected chi connectivity index (χ0v) is 11.9. The Kier molecular flexibility index (Phi) is 5.71. The minimum Gasteiger partial charge on any atom is -0.480 e. The fourth-order valence-corrected chi connectivity index (χ4v) is 1.70. The highest BCUT2D eigenvalue weighted by Crippen LogP contribution is 2.18. The molecule has 3 amide bonds. The predicted octanol–water partition coefficient (Wildman–Crippen LogP) is 1.26. The molecule has 0 saturated carbocycles. The number of benzene rings is 1. The third kappa shape index (κ3) is 5.52. The van der Waals surface area contributed by atoms with Crippen molar-refractivity contribution >= 4 is 23.6 Å². The molecule has 1 rings (SSSR count). The number of rotatable bonds is 6. The average Bonchev–Trinajstić information content (AvgIpc) is 2.37. The highest BCUT2D eigenvalue weighted by molar-refractivity contribution is 5.93. The van der Waals surface area contributed by atoms with Crippen LogP contribution in [0.2, 0.25) is 0 Å².